The van der Waals surface area contributed by atoms with Crippen LogP contribution in [-0.2, 0) is 27.3 Å². The predicted octanol–water partition coefficient (Wildman–Crippen LogP) is 4.11. The van der Waals surface area contributed by atoms with Gasteiger partial charge in [0.25, 0.3) is 5.92 Å². The number of alkyl carbamates (subject to hydrolysis) is 1. The van der Waals surface area contributed by atoms with Crippen LogP contribution in [0.3, 0.4) is 0 Å². The van der Waals surface area contributed by atoms with E-state index in [2.05, 4.69) is 10.1 Å². The molecule has 1 amide bonds. The van der Waals surface area contributed by atoms with Crippen molar-refractivity contribution in [2.75, 3.05) is 7.11 Å². The molecule has 0 aliphatic rings. The van der Waals surface area contributed by atoms with Crippen molar-refractivity contribution in [3.63, 3.8) is 0 Å². The summed E-state index contributed by atoms with van der Waals surface area (Å²) in [5.41, 5.74) is 1.26. The van der Waals surface area contributed by atoms with E-state index in [0.29, 0.717) is 5.56 Å². The molecule has 2 aromatic carbocycles. The first-order chi connectivity index (χ1) is 13.4. The van der Waals surface area contributed by atoms with E-state index < -0.39 is 36.9 Å². The molecule has 2 aromatic rings. The molecule has 0 fully saturated rings. The van der Waals surface area contributed by atoms with Gasteiger partial charge in [0.2, 0.25) is 0 Å². The Morgan fingerprint density at radius 1 is 1.00 bits per heavy atom. The summed E-state index contributed by atoms with van der Waals surface area (Å²) in [5.74, 6) is -3.82. The van der Waals surface area contributed by atoms with Crippen LogP contribution in [0.15, 0.2) is 60.7 Å². The number of hydrogen-bond donors (Lipinski definition) is 1. The third-order valence-corrected chi connectivity index (χ3v) is 4.09. The smallest absolute Gasteiger partial charge is 0.408 e. The largest absolute Gasteiger partial charge is 0.467 e. The van der Waals surface area contributed by atoms with Crippen LogP contribution in [0.2, 0.25) is 0 Å². The molecule has 0 aliphatic heterocycles. The fraction of sp³-hybridized carbons (Fsp3) is 0.333. The second-order valence-corrected chi connectivity index (χ2v) is 6.34. The first kappa shape index (κ1) is 21.3. The van der Waals surface area contributed by atoms with E-state index in [0.717, 1.165) is 12.7 Å². The van der Waals surface area contributed by atoms with Crippen LogP contribution in [0.4, 0.5) is 13.6 Å². The number of nitrogens with one attached hydrogen (secondary N) is 1. The number of amides is 1. The summed E-state index contributed by atoms with van der Waals surface area (Å²) >= 11 is 0. The number of carbonyl (C=O) groups excluding carboxylic acids is 2. The summed E-state index contributed by atoms with van der Waals surface area (Å²) in [6.07, 6.45) is -2.17. The van der Waals surface area contributed by atoms with Gasteiger partial charge in [0.15, 0.2) is 0 Å². The van der Waals surface area contributed by atoms with Gasteiger partial charge in [-0.15, -0.1) is 0 Å². The molecule has 0 radical (unpaired) electrons. The van der Waals surface area contributed by atoms with Crippen LogP contribution in [0.25, 0.3) is 0 Å². The average Bonchev–Trinajstić information content (AvgIpc) is 2.70. The maximum atomic E-state index is 14.2. The summed E-state index contributed by atoms with van der Waals surface area (Å²) in [6.45, 7) is 0.00470. The van der Waals surface area contributed by atoms with Gasteiger partial charge in [-0.05, 0) is 17.5 Å². The second-order valence-electron chi connectivity index (χ2n) is 6.34. The number of halogens is 2. The number of methoxy groups -OCH3 is 1. The molecule has 150 valence electrons. The van der Waals surface area contributed by atoms with E-state index in [4.69, 9.17) is 4.74 Å². The predicted molar refractivity (Wildman–Crippen MR) is 99.9 cm³/mol. The van der Waals surface area contributed by atoms with Gasteiger partial charge in [-0.3, -0.25) is 0 Å². The molecule has 0 saturated carbocycles. The van der Waals surface area contributed by atoms with Gasteiger partial charge >= 0.3 is 12.1 Å². The lowest BCUT2D eigenvalue weighted by atomic mass is 10.0. The highest BCUT2D eigenvalue weighted by atomic mass is 19.3. The van der Waals surface area contributed by atoms with Crippen molar-refractivity contribution in [1.82, 2.24) is 5.32 Å². The third-order valence-electron chi connectivity index (χ3n) is 4.09. The molecule has 28 heavy (non-hydrogen) atoms. The Bertz CT molecular complexity index is 754. The molecule has 0 saturated heterocycles. The molecule has 7 heteroatoms. The van der Waals surface area contributed by atoms with Gasteiger partial charge in [0.05, 0.1) is 7.11 Å². The molecule has 1 N–H and O–H groups in total. The Hall–Kier alpha value is -2.96. The van der Waals surface area contributed by atoms with Crippen molar-refractivity contribution in [3.05, 3.63) is 71.8 Å². The van der Waals surface area contributed by atoms with Gasteiger partial charge in [-0.2, -0.15) is 0 Å². The van der Waals surface area contributed by atoms with Crippen molar-refractivity contribution in [3.8, 4) is 0 Å². The Morgan fingerprint density at radius 3 is 2.14 bits per heavy atom. The molecule has 0 unspecified atom stereocenters. The number of rotatable bonds is 9. The lowest BCUT2D eigenvalue weighted by molar-refractivity contribution is -0.143. The Balaban J connectivity index is 1.88. The molecule has 0 bridgehead atoms. The summed E-state index contributed by atoms with van der Waals surface area (Å²) < 4.78 is 38.1. The van der Waals surface area contributed by atoms with E-state index in [-0.39, 0.29) is 13.0 Å². The monoisotopic (exact) mass is 391 g/mol. The summed E-state index contributed by atoms with van der Waals surface area (Å²) in [4.78, 5) is 23.8. The highest BCUT2D eigenvalue weighted by Gasteiger charge is 2.32. The van der Waals surface area contributed by atoms with E-state index in [1.807, 2.05) is 6.07 Å². The van der Waals surface area contributed by atoms with Crippen LogP contribution >= 0.6 is 0 Å². The molecule has 2 rings (SSSR count). The van der Waals surface area contributed by atoms with Crippen LogP contribution < -0.4 is 5.32 Å². The number of benzene rings is 2. The quantitative estimate of drug-likeness (QED) is 0.654. The van der Waals surface area contributed by atoms with Gasteiger partial charge in [-0.1, -0.05) is 60.7 Å². The molecule has 5 nitrogen and oxygen atoms in total. The summed E-state index contributed by atoms with van der Waals surface area (Å²) in [6, 6.07) is 16.1. The summed E-state index contributed by atoms with van der Waals surface area (Å²) in [5, 5.41) is 2.31. The SMILES string of the molecule is COC(=O)[C@H](CCC(F)(F)Cc1ccccc1)NC(=O)OCc1ccccc1. The number of esters is 1. The van der Waals surface area contributed by atoms with E-state index in [9.17, 15) is 18.4 Å². The number of carbonyl (C=O) groups is 2. The van der Waals surface area contributed by atoms with Crippen LogP contribution in [0, 0.1) is 0 Å². The zero-order valence-corrected chi connectivity index (χ0v) is 15.6. The minimum Gasteiger partial charge on any atom is -0.467 e. The topological polar surface area (TPSA) is 64.6 Å². The molecular weight excluding hydrogens is 368 g/mol. The zero-order valence-electron chi connectivity index (χ0n) is 15.6. The van der Waals surface area contributed by atoms with Crippen LogP contribution in [0.5, 0.6) is 0 Å². The maximum Gasteiger partial charge on any atom is 0.408 e. The van der Waals surface area contributed by atoms with Crippen molar-refractivity contribution in [2.45, 2.75) is 37.8 Å². The molecule has 0 aliphatic carbocycles. The fourth-order valence-corrected chi connectivity index (χ4v) is 2.64. The van der Waals surface area contributed by atoms with E-state index in [1.54, 1.807) is 54.6 Å². The van der Waals surface area contributed by atoms with E-state index in [1.165, 1.54) is 0 Å². The third kappa shape index (κ3) is 7.34. The lowest BCUT2D eigenvalue weighted by Gasteiger charge is -2.21. The average molecular weight is 391 g/mol. The molecular formula is C21H23F2NO4. The molecule has 0 spiro atoms. The maximum absolute atomic E-state index is 14.2. The fourth-order valence-electron chi connectivity index (χ4n) is 2.64. The lowest BCUT2D eigenvalue weighted by Crippen LogP contribution is -2.42. The highest BCUT2D eigenvalue weighted by molar-refractivity contribution is 5.81. The first-order valence-corrected chi connectivity index (χ1v) is 8.86. The van der Waals surface area contributed by atoms with Crippen LogP contribution in [-0.4, -0.2) is 31.1 Å². The number of alkyl halides is 2. The van der Waals surface area contributed by atoms with Crippen LogP contribution in [0.1, 0.15) is 24.0 Å². The Kier molecular flexibility index (Phi) is 7.92. The molecule has 0 aromatic heterocycles. The first-order valence-electron chi connectivity index (χ1n) is 8.86. The number of ether oxygens (including phenoxy) is 2. The van der Waals surface area contributed by atoms with Gasteiger partial charge in [-0.25, -0.2) is 18.4 Å². The zero-order chi connectivity index (χ0) is 20.4. The molecule has 1 atom stereocenters. The van der Waals surface area contributed by atoms with E-state index >= 15 is 0 Å². The van der Waals surface area contributed by atoms with Crippen molar-refractivity contribution in [2.24, 2.45) is 0 Å². The molecule has 0 heterocycles. The normalized spacial score (nSPS) is 12.1. The highest BCUT2D eigenvalue weighted by Crippen LogP contribution is 2.26. The van der Waals surface area contributed by atoms with Gasteiger partial charge in [0.1, 0.15) is 12.6 Å². The minimum absolute atomic E-state index is 0.00470. The van der Waals surface area contributed by atoms with Gasteiger partial charge < -0.3 is 14.8 Å². The Labute approximate surface area is 162 Å². The summed E-state index contributed by atoms with van der Waals surface area (Å²) in [7, 11) is 1.13. The van der Waals surface area contributed by atoms with Crippen molar-refractivity contribution >= 4 is 12.1 Å². The number of hydrogen-bond acceptors (Lipinski definition) is 4. The minimum atomic E-state index is -3.02. The van der Waals surface area contributed by atoms with Crippen molar-refractivity contribution < 1.29 is 27.8 Å². The van der Waals surface area contributed by atoms with Gasteiger partial charge in [0, 0.05) is 12.8 Å². The second kappa shape index (κ2) is 10.4. The standard InChI is InChI=1S/C21H23F2NO4/c1-27-19(25)18(24-20(26)28-15-17-10-6-3-7-11-17)12-13-21(22,23)14-16-8-4-2-5-9-16/h2-11,18H,12-15H2,1H3,(H,24,26)/t18-/m0/s1. The van der Waals surface area contributed by atoms with Crippen molar-refractivity contribution in [1.29, 1.82) is 0 Å². The Morgan fingerprint density at radius 2 is 1.57 bits per heavy atom.